The van der Waals surface area contributed by atoms with Gasteiger partial charge in [-0.15, -0.1) is 11.3 Å². The summed E-state index contributed by atoms with van der Waals surface area (Å²) < 4.78 is 26.7. The quantitative estimate of drug-likeness (QED) is 0.831. The monoisotopic (exact) mass is 372 g/mol. The van der Waals surface area contributed by atoms with Crippen molar-refractivity contribution in [2.45, 2.75) is 56.7 Å². The third-order valence-corrected chi connectivity index (χ3v) is 7.32. The number of hydrogen-bond acceptors (Lipinski definition) is 5. The molecule has 0 radical (unpaired) electrons. The third kappa shape index (κ3) is 3.35. The van der Waals surface area contributed by atoms with Crippen molar-refractivity contribution in [3.05, 3.63) is 17.5 Å². The molecular weight excluding hydrogens is 348 g/mol. The number of nitrogens with one attached hydrogen (secondary N) is 1. The van der Waals surface area contributed by atoms with Gasteiger partial charge in [-0.2, -0.15) is 0 Å². The van der Waals surface area contributed by atoms with E-state index in [9.17, 15) is 18.0 Å². The summed E-state index contributed by atoms with van der Waals surface area (Å²) >= 11 is 1.04. The van der Waals surface area contributed by atoms with E-state index in [1.54, 1.807) is 18.4 Å². The van der Waals surface area contributed by atoms with E-state index in [-0.39, 0.29) is 10.1 Å². The zero-order valence-corrected chi connectivity index (χ0v) is 16.1. The van der Waals surface area contributed by atoms with Crippen LogP contribution < -0.4 is 4.72 Å². The first-order valence-corrected chi connectivity index (χ1v) is 10.3. The fourth-order valence-corrected chi connectivity index (χ4v) is 4.99. The van der Waals surface area contributed by atoms with Gasteiger partial charge in [0.25, 0.3) is 15.9 Å². The number of nitrogens with zero attached hydrogens (tertiary/aromatic N) is 1. The van der Waals surface area contributed by atoms with Crippen molar-refractivity contribution in [1.29, 1.82) is 0 Å². The zero-order valence-electron chi connectivity index (χ0n) is 14.5. The predicted octanol–water partition coefficient (Wildman–Crippen LogP) is 2.37. The van der Waals surface area contributed by atoms with Crippen molar-refractivity contribution in [3.8, 4) is 0 Å². The molecule has 0 saturated carbocycles. The minimum atomic E-state index is -3.89. The molecule has 0 bridgehead atoms. The highest BCUT2D eigenvalue weighted by molar-refractivity contribution is 7.92. The first kappa shape index (κ1) is 18.9. The molecule has 8 heteroatoms. The van der Waals surface area contributed by atoms with Crippen LogP contribution in [0.4, 0.5) is 0 Å². The second-order valence-corrected chi connectivity index (χ2v) is 9.84. The molecule has 2 heterocycles. The summed E-state index contributed by atoms with van der Waals surface area (Å²) in [5.74, 6) is -0.760. The van der Waals surface area contributed by atoms with Crippen LogP contribution in [0.1, 0.15) is 47.0 Å². The highest BCUT2D eigenvalue weighted by Gasteiger charge is 2.52. The van der Waals surface area contributed by atoms with Crippen molar-refractivity contribution in [2.75, 3.05) is 6.54 Å². The molecule has 1 saturated heterocycles. The van der Waals surface area contributed by atoms with Crippen LogP contribution in [-0.4, -0.2) is 37.2 Å². The van der Waals surface area contributed by atoms with E-state index in [4.69, 9.17) is 0 Å². The van der Waals surface area contributed by atoms with E-state index in [2.05, 4.69) is 4.72 Å². The van der Waals surface area contributed by atoms with Gasteiger partial charge in [0.15, 0.2) is 0 Å². The van der Waals surface area contributed by atoms with Gasteiger partial charge in [0.2, 0.25) is 5.91 Å². The van der Waals surface area contributed by atoms with Crippen LogP contribution in [0.5, 0.6) is 0 Å². The van der Waals surface area contributed by atoms with Crippen LogP contribution in [0.15, 0.2) is 21.7 Å². The molecule has 1 aliphatic heterocycles. The fourth-order valence-electron chi connectivity index (χ4n) is 2.92. The van der Waals surface area contributed by atoms with Gasteiger partial charge in [0.1, 0.15) is 9.75 Å². The Labute approximate surface area is 147 Å². The summed E-state index contributed by atoms with van der Waals surface area (Å²) in [5.41, 5.74) is -1.68. The number of sulfonamides is 1. The number of thiophene rings is 1. The van der Waals surface area contributed by atoms with E-state index >= 15 is 0 Å². The zero-order chi connectivity index (χ0) is 18.2. The maximum absolute atomic E-state index is 12.7. The molecular formula is C16H24N2O4S2. The standard InChI is InChI=1S/C16H24N2O4S2/c1-5-8-15(2,3)14(20)18-10-9-16(18,4)13(19)17-24(21,22)12-7-6-11-23-12/h6-7,11H,5,8-10H2,1-4H3,(H,17,19). The predicted molar refractivity (Wildman–Crippen MR) is 93.1 cm³/mol. The van der Waals surface area contributed by atoms with E-state index in [1.807, 2.05) is 20.8 Å². The molecule has 6 nitrogen and oxygen atoms in total. The highest BCUT2D eigenvalue weighted by Crippen LogP contribution is 2.37. The van der Waals surface area contributed by atoms with E-state index < -0.39 is 26.9 Å². The Balaban J connectivity index is 2.16. The minimum absolute atomic E-state index is 0.0861. The van der Waals surface area contributed by atoms with Crippen molar-refractivity contribution >= 4 is 33.2 Å². The lowest BCUT2D eigenvalue weighted by Crippen LogP contribution is -2.69. The Morgan fingerprint density at radius 2 is 2.08 bits per heavy atom. The third-order valence-electron chi connectivity index (χ3n) is 4.59. The minimum Gasteiger partial charge on any atom is -0.328 e. The van der Waals surface area contributed by atoms with Crippen LogP contribution in [-0.2, 0) is 19.6 Å². The maximum Gasteiger partial charge on any atom is 0.273 e. The second kappa shape index (κ2) is 6.48. The van der Waals surface area contributed by atoms with Gasteiger partial charge in [0.05, 0.1) is 0 Å². The number of carbonyl (C=O) groups excluding carboxylic acids is 2. The fraction of sp³-hybridized carbons (Fsp3) is 0.625. The Kier molecular flexibility index (Phi) is 5.11. The number of hydrogen-bond donors (Lipinski definition) is 1. The van der Waals surface area contributed by atoms with Gasteiger partial charge in [-0.25, -0.2) is 13.1 Å². The van der Waals surface area contributed by atoms with Crippen molar-refractivity contribution < 1.29 is 18.0 Å². The van der Waals surface area contributed by atoms with Crippen LogP contribution in [0, 0.1) is 5.41 Å². The Morgan fingerprint density at radius 3 is 2.54 bits per heavy atom. The Hall–Kier alpha value is -1.41. The van der Waals surface area contributed by atoms with Gasteiger partial charge in [0, 0.05) is 12.0 Å². The molecule has 1 unspecified atom stereocenters. The molecule has 2 rings (SSSR count). The Morgan fingerprint density at radius 1 is 1.42 bits per heavy atom. The number of amides is 2. The normalized spacial score (nSPS) is 21.2. The molecule has 1 aromatic heterocycles. The molecule has 1 aliphatic rings. The highest BCUT2D eigenvalue weighted by atomic mass is 32.2. The maximum atomic E-state index is 12.7. The second-order valence-electron chi connectivity index (χ2n) is 6.98. The summed E-state index contributed by atoms with van der Waals surface area (Å²) in [7, 11) is -3.89. The van der Waals surface area contributed by atoms with Crippen molar-refractivity contribution in [3.63, 3.8) is 0 Å². The van der Waals surface area contributed by atoms with E-state index in [0.717, 1.165) is 17.8 Å². The molecule has 2 amide bonds. The first-order valence-electron chi connectivity index (χ1n) is 7.97. The lowest BCUT2D eigenvalue weighted by Gasteiger charge is -2.51. The lowest BCUT2D eigenvalue weighted by atomic mass is 9.79. The molecule has 1 aromatic rings. The molecule has 134 valence electrons. The average Bonchev–Trinajstić information content (AvgIpc) is 2.99. The average molecular weight is 373 g/mol. The number of carbonyl (C=O) groups is 2. The smallest absolute Gasteiger partial charge is 0.273 e. The molecule has 24 heavy (non-hydrogen) atoms. The molecule has 1 fully saturated rings. The van der Waals surface area contributed by atoms with Crippen LogP contribution in [0.2, 0.25) is 0 Å². The van der Waals surface area contributed by atoms with Gasteiger partial charge in [-0.1, -0.05) is 33.3 Å². The molecule has 0 aromatic carbocycles. The van der Waals surface area contributed by atoms with Gasteiger partial charge >= 0.3 is 0 Å². The SMILES string of the molecule is CCCC(C)(C)C(=O)N1CCC1(C)C(=O)NS(=O)(=O)c1cccs1. The summed E-state index contributed by atoms with van der Waals surface area (Å²) in [5, 5.41) is 1.63. The van der Waals surface area contributed by atoms with Gasteiger partial charge in [-0.05, 0) is 31.2 Å². The number of rotatable bonds is 6. The first-order chi connectivity index (χ1) is 11.0. The van der Waals surface area contributed by atoms with Gasteiger partial charge in [-0.3, -0.25) is 9.59 Å². The summed E-state index contributed by atoms with van der Waals surface area (Å²) in [6.07, 6.45) is 2.03. The van der Waals surface area contributed by atoms with Crippen molar-refractivity contribution in [2.24, 2.45) is 5.41 Å². The molecule has 0 aliphatic carbocycles. The molecule has 1 N–H and O–H groups in total. The van der Waals surface area contributed by atoms with E-state index in [1.165, 1.54) is 11.0 Å². The summed E-state index contributed by atoms with van der Waals surface area (Å²) in [4.78, 5) is 26.8. The largest absolute Gasteiger partial charge is 0.328 e. The van der Waals surface area contributed by atoms with E-state index in [0.29, 0.717) is 19.4 Å². The molecule has 0 spiro atoms. The summed E-state index contributed by atoms with van der Waals surface area (Å²) in [6.45, 7) is 7.81. The lowest BCUT2D eigenvalue weighted by molar-refractivity contribution is -0.163. The number of likely N-dealkylation sites (tertiary alicyclic amines) is 1. The van der Waals surface area contributed by atoms with Crippen LogP contribution in [0.25, 0.3) is 0 Å². The Bertz CT molecular complexity index is 725. The van der Waals surface area contributed by atoms with Gasteiger partial charge < -0.3 is 4.90 Å². The van der Waals surface area contributed by atoms with Crippen molar-refractivity contribution in [1.82, 2.24) is 9.62 Å². The van der Waals surface area contributed by atoms with Crippen LogP contribution in [0.3, 0.4) is 0 Å². The topological polar surface area (TPSA) is 83.6 Å². The van der Waals surface area contributed by atoms with Crippen LogP contribution >= 0.6 is 11.3 Å². The molecule has 1 atom stereocenters. The summed E-state index contributed by atoms with van der Waals surface area (Å²) in [6, 6.07) is 3.05.